The molecule has 0 spiro atoms. The topological polar surface area (TPSA) is 63.0 Å². The molecule has 2 heterocycles. The van der Waals surface area contributed by atoms with E-state index in [-0.39, 0.29) is 5.91 Å². The lowest BCUT2D eigenvalue weighted by molar-refractivity contribution is 0.0953. The fraction of sp³-hybridized carbons (Fsp3) is 0.316. The van der Waals surface area contributed by atoms with Gasteiger partial charge in [0.05, 0.1) is 16.6 Å². The molecule has 0 aliphatic carbocycles. The highest BCUT2D eigenvalue weighted by Crippen LogP contribution is 2.16. The quantitative estimate of drug-likeness (QED) is 0.644. The summed E-state index contributed by atoms with van der Waals surface area (Å²) >= 11 is 3.33. The molecule has 1 N–H and O–H groups in total. The first kappa shape index (κ1) is 18.5. The number of carbonyl (C=O) groups excluding carboxylic acids is 1. The lowest BCUT2D eigenvalue weighted by Crippen LogP contribution is -2.27. The van der Waals surface area contributed by atoms with Crippen LogP contribution in [-0.2, 0) is 13.0 Å². The van der Waals surface area contributed by atoms with Crippen molar-refractivity contribution in [3.05, 3.63) is 58.6 Å². The van der Waals surface area contributed by atoms with Gasteiger partial charge in [-0.1, -0.05) is 12.1 Å². The summed E-state index contributed by atoms with van der Waals surface area (Å²) in [5, 5.41) is 2.95. The molecule has 0 radical (unpaired) electrons. The van der Waals surface area contributed by atoms with Crippen LogP contribution in [-0.4, -0.2) is 52.5 Å². The number of likely N-dealkylation sites (N-methyl/N-ethyl adjacent to an activating group) is 1. The number of hydrogen-bond acceptors (Lipinski definition) is 4. The molecule has 1 amide bonds. The average molecular weight is 416 g/mol. The molecule has 136 valence electrons. The highest BCUT2D eigenvalue weighted by molar-refractivity contribution is 9.10. The smallest absolute Gasteiger partial charge is 0.252 e. The Labute approximate surface area is 161 Å². The monoisotopic (exact) mass is 415 g/mol. The Hall–Kier alpha value is -2.25. The van der Waals surface area contributed by atoms with Gasteiger partial charge in [-0.3, -0.25) is 9.78 Å². The zero-order valence-corrected chi connectivity index (χ0v) is 16.5. The minimum Gasteiger partial charge on any atom is -0.352 e. The number of para-hydroxylation sites is 2. The van der Waals surface area contributed by atoms with Crippen molar-refractivity contribution in [2.45, 2.75) is 13.0 Å². The molecule has 0 unspecified atom stereocenters. The molecule has 1 aromatic carbocycles. The summed E-state index contributed by atoms with van der Waals surface area (Å²) in [6, 6.07) is 9.90. The first-order valence-electron chi connectivity index (χ1n) is 8.52. The molecule has 0 aliphatic heterocycles. The van der Waals surface area contributed by atoms with Crippen LogP contribution in [0.5, 0.6) is 0 Å². The van der Waals surface area contributed by atoms with Crippen molar-refractivity contribution in [1.82, 2.24) is 24.8 Å². The molecule has 26 heavy (non-hydrogen) atoms. The molecule has 0 aliphatic rings. The van der Waals surface area contributed by atoms with Gasteiger partial charge in [0.2, 0.25) is 0 Å². The number of carbonyl (C=O) groups is 1. The molecule has 2 aromatic heterocycles. The number of nitrogens with zero attached hydrogens (tertiary/aromatic N) is 4. The maximum Gasteiger partial charge on any atom is 0.252 e. The third-order valence-corrected chi connectivity index (χ3v) is 4.54. The number of aromatic nitrogens is 3. The van der Waals surface area contributed by atoms with Crippen LogP contribution in [0.4, 0.5) is 0 Å². The van der Waals surface area contributed by atoms with Crippen LogP contribution in [0.25, 0.3) is 11.0 Å². The van der Waals surface area contributed by atoms with E-state index in [0.29, 0.717) is 18.5 Å². The van der Waals surface area contributed by atoms with E-state index in [1.165, 1.54) is 0 Å². The minimum atomic E-state index is -0.130. The minimum absolute atomic E-state index is 0.130. The fourth-order valence-electron chi connectivity index (χ4n) is 2.79. The predicted octanol–water partition coefficient (Wildman–Crippen LogP) is 2.73. The summed E-state index contributed by atoms with van der Waals surface area (Å²) < 4.78 is 3.03. The van der Waals surface area contributed by atoms with Gasteiger partial charge in [0.1, 0.15) is 5.82 Å². The number of amides is 1. The summed E-state index contributed by atoms with van der Waals surface area (Å²) in [7, 11) is 4.12. The maximum atomic E-state index is 12.3. The van der Waals surface area contributed by atoms with Gasteiger partial charge >= 0.3 is 0 Å². The number of halogens is 1. The summed E-state index contributed by atoms with van der Waals surface area (Å²) in [6.07, 6.45) is 3.89. The molecular weight excluding hydrogens is 394 g/mol. The Kier molecular flexibility index (Phi) is 6.00. The average Bonchev–Trinajstić information content (AvgIpc) is 2.97. The van der Waals surface area contributed by atoms with Gasteiger partial charge in [0.25, 0.3) is 5.91 Å². The Balaban J connectivity index is 1.70. The summed E-state index contributed by atoms with van der Waals surface area (Å²) in [6.45, 7) is 2.33. The van der Waals surface area contributed by atoms with E-state index in [2.05, 4.69) is 55.9 Å². The van der Waals surface area contributed by atoms with Crippen LogP contribution in [0.2, 0.25) is 0 Å². The molecule has 7 heteroatoms. The second-order valence-electron chi connectivity index (χ2n) is 6.37. The van der Waals surface area contributed by atoms with Crippen LogP contribution in [0.1, 0.15) is 16.2 Å². The first-order valence-corrected chi connectivity index (χ1v) is 9.31. The van der Waals surface area contributed by atoms with Gasteiger partial charge in [-0.05, 0) is 48.2 Å². The molecule has 0 saturated heterocycles. The van der Waals surface area contributed by atoms with Crippen molar-refractivity contribution in [1.29, 1.82) is 0 Å². The van der Waals surface area contributed by atoms with Gasteiger partial charge < -0.3 is 14.8 Å². The van der Waals surface area contributed by atoms with Crippen molar-refractivity contribution in [3.8, 4) is 0 Å². The lowest BCUT2D eigenvalue weighted by atomic mass is 10.2. The number of hydrogen-bond donors (Lipinski definition) is 1. The molecule has 6 nitrogen and oxygen atoms in total. The number of pyridine rings is 1. The van der Waals surface area contributed by atoms with Gasteiger partial charge in [-0.2, -0.15) is 0 Å². The number of benzene rings is 1. The standard InChI is InChI=1S/C19H22BrN5O/c1-24(2)9-10-25-17-6-4-3-5-16(17)23-18(25)7-8-22-19(26)14-11-15(20)13-21-12-14/h3-6,11-13H,7-10H2,1-2H3,(H,22,26). The second-order valence-corrected chi connectivity index (χ2v) is 7.29. The molecule has 0 fully saturated rings. The Morgan fingerprint density at radius 2 is 2.08 bits per heavy atom. The summed E-state index contributed by atoms with van der Waals surface area (Å²) in [5.41, 5.74) is 2.66. The van der Waals surface area contributed by atoms with Gasteiger partial charge in [-0.15, -0.1) is 0 Å². The zero-order valence-electron chi connectivity index (χ0n) is 14.9. The van der Waals surface area contributed by atoms with Crippen LogP contribution < -0.4 is 5.32 Å². The van der Waals surface area contributed by atoms with E-state index in [4.69, 9.17) is 4.98 Å². The molecule has 3 rings (SSSR count). The number of fused-ring (bicyclic) bond motifs is 1. The zero-order chi connectivity index (χ0) is 18.5. The predicted molar refractivity (Wildman–Crippen MR) is 106 cm³/mol. The SMILES string of the molecule is CN(C)CCn1c(CCNC(=O)c2cncc(Br)c2)nc2ccccc21. The number of rotatable bonds is 7. The molecule has 3 aromatic rings. The lowest BCUT2D eigenvalue weighted by Gasteiger charge is -2.13. The summed E-state index contributed by atoms with van der Waals surface area (Å²) in [5.74, 6) is 0.857. The first-order chi connectivity index (χ1) is 12.5. The highest BCUT2D eigenvalue weighted by atomic mass is 79.9. The van der Waals surface area contributed by atoms with E-state index < -0.39 is 0 Å². The molecule has 0 atom stereocenters. The molecular formula is C19H22BrN5O. The summed E-state index contributed by atoms with van der Waals surface area (Å²) in [4.78, 5) is 23.2. The van der Waals surface area contributed by atoms with Crippen LogP contribution >= 0.6 is 15.9 Å². The van der Waals surface area contributed by atoms with E-state index in [1.54, 1.807) is 18.5 Å². The van der Waals surface area contributed by atoms with Crippen molar-refractivity contribution in [2.24, 2.45) is 0 Å². The Morgan fingerprint density at radius 1 is 1.27 bits per heavy atom. The second kappa shape index (κ2) is 8.42. The van der Waals surface area contributed by atoms with E-state index in [1.807, 2.05) is 18.2 Å². The highest BCUT2D eigenvalue weighted by Gasteiger charge is 2.12. The van der Waals surface area contributed by atoms with E-state index in [9.17, 15) is 4.79 Å². The van der Waals surface area contributed by atoms with E-state index >= 15 is 0 Å². The third-order valence-electron chi connectivity index (χ3n) is 4.11. The third kappa shape index (κ3) is 4.47. The van der Waals surface area contributed by atoms with Gasteiger partial charge in [0, 0.05) is 42.9 Å². The van der Waals surface area contributed by atoms with Crippen LogP contribution in [0.15, 0.2) is 47.2 Å². The normalized spacial score (nSPS) is 11.2. The van der Waals surface area contributed by atoms with Gasteiger partial charge in [0.15, 0.2) is 0 Å². The van der Waals surface area contributed by atoms with Crippen molar-refractivity contribution < 1.29 is 4.79 Å². The molecule has 0 bridgehead atoms. The largest absolute Gasteiger partial charge is 0.352 e. The van der Waals surface area contributed by atoms with Crippen LogP contribution in [0, 0.1) is 0 Å². The Bertz CT molecular complexity index is 906. The maximum absolute atomic E-state index is 12.3. The van der Waals surface area contributed by atoms with Gasteiger partial charge in [-0.25, -0.2) is 4.98 Å². The van der Waals surface area contributed by atoms with E-state index in [0.717, 1.165) is 34.4 Å². The van der Waals surface area contributed by atoms with Crippen LogP contribution in [0.3, 0.4) is 0 Å². The van der Waals surface area contributed by atoms with Crippen molar-refractivity contribution in [2.75, 3.05) is 27.2 Å². The fourth-order valence-corrected chi connectivity index (χ4v) is 3.16. The molecule has 0 saturated carbocycles. The van der Waals surface area contributed by atoms with Crippen molar-refractivity contribution in [3.63, 3.8) is 0 Å². The number of nitrogens with one attached hydrogen (secondary N) is 1. The Morgan fingerprint density at radius 3 is 2.85 bits per heavy atom. The number of imidazole rings is 1. The van der Waals surface area contributed by atoms with Crippen molar-refractivity contribution >= 4 is 32.9 Å².